The van der Waals surface area contributed by atoms with Gasteiger partial charge in [-0.3, -0.25) is 0 Å². The van der Waals surface area contributed by atoms with Gasteiger partial charge in [-0.2, -0.15) is 11.8 Å². The third kappa shape index (κ3) is 2.87. The van der Waals surface area contributed by atoms with E-state index in [1.54, 1.807) is 7.11 Å². The molecule has 94 valence electrons. The molecule has 1 aliphatic heterocycles. The van der Waals surface area contributed by atoms with Crippen LogP contribution in [0.5, 0.6) is 5.75 Å². The maximum Gasteiger partial charge on any atom is 0.141 e. The van der Waals surface area contributed by atoms with Crippen LogP contribution in [0.1, 0.15) is 12.8 Å². The zero-order chi connectivity index (χ0) is 12.1. The number of thioether (sulfide) groups is 1. The molecule has 4 heteroatoms. The van der Waals surface area contributed by atoms with Crippen molar-refractivity contribution in [1.82, 2.24) is 0 Å². The van der Waals surface area contributed by atoms with Crippen molar-refractivity contribution < 1.29 is 4.74 Å². The van der Waals surface area contributed by atoms with Crippen LogP contribution in [0.25, 0.3) is 0 Å². The summed E-state index contributed by atoms with van der Waals surface area (Å²) in [6.45, 7) is 0.665. The quantitative estimate of drug-likeness (QED) is 0.863. The van der Waals surface area contributed by atoms with Gasteiger partial charge in [-0.25, -0.2) is 0 Å². The average Bonchev–Trinajstić information content (AvgIpc) is 2.40. The highest BCUT2D eigenvalue weighted by molar-refractivity contribution is 7.99. The van der Waals surface area contributed by atoms with E-state index in [0.29, 0.717) is 6.54 Å². The van der Waals surface area contributed by atoms with Crippen LogP contribution in [0.2, 0.25) is 0 Å². The predicted molar refractivity (Wildman–Crippen MR) is 75.0 cm³/mol. The Kier molecular flexibility index (Phi) is 4.18. The summed E-state index contributed by atoms with van der Waals surface area (Å²) < 4.78 is 5.37. The molecule has 0 spiro atoms. The van der Waals surface area contributed by atoms with Crippen LogP contribution < -0.4 is 15.8 Å². The SMILES string of the molecule is COc1ccccc1NC1(CN)CCCSC1. The Morgan fingerprint density at radius 2 is 2.29 bits per heavy atom. The lowest BCUT2D eigenvalue weighted by Gasteiger charge is -2.38. The van der Waals surface area contributed by atoms with Crippen LogP contribution in [-0.2, 0) is 0 Å². The van der Waals surface area contributed by atoms with Crippen molar-refractivity contribution in [2.45, 2.75) is 18.4 Å². The Morgan fingerprint density at radius 3 is 2.94 bits per heavy atom. The molecule has 2 rings (SSSR count). The molecule has 1 aromatic carbocycles. The Hall–Kier alpha value is -0.870. The van der Waals surface area contributed by atoms with Crippen molar-refractivity contribution in [1.29, 1.82) is 0 Å². The van der Waals surface area contributed by atoms with E-state index >= 15 is 0 Å². The van der Waals surface area contributed by atoms with Crippen LogP contribution in [0.15, 0.2) is 24.3 Å². The number of hydrogen-bond acceptors (Lipinski definition) is 4. The molecule has 1 saturated heterocycles. The normalized spacial score (nSPS) is 24.4. The first-order valence-electron chi connectivity index (χ1n) is 5.99. The van der Waals surface area contributed by atoms with Gasteiger partial charge in [0.25, 0.3) is 0 Å². The number of ether oxygens (including phenoxy) is 1. The highest BCUT2D eigenvalue weighted by Crippen LogP contribution is 2.33. The molecule has 0 aromatic heterocycles. The number of nitrogens with one attached hydrogen (secondary N) is 1. The smallest absolute Gasteiger partial charge is 0.141 e. The van der Waals surface area contributed by atoms with Gasteiger partial charge in [0.15, 0.2) is 0 Å². The molecule has 1 fully saturated rings. The third-order valence-electron chi connectivity index (χ3n) is 3.22. The Bertz CT molecular complexity index is 364. The van der Waals surface area contributed by atoms with E-state index in [2.05, 4.69) is 11.4 Å². The van der Waals surface area contributed by atoms with E-state index in [-0.39, 0.29) is 5.54 Å². The summed E-state index contributed by atoms with van der Waals surface area (Å²) in [5.74, 6) is 3.20. The lowest BCUT2D eigenvalue weighted by atomic mass is 9.95. The third-order valence-corrected chi connectivity index (χ3v) is 4.55. The number of rotatable bonds is 4. The largest absolute Gasteiger partial charge is 0.495 e. The van der Waals surface area contributed by atoms with Gasteiger partial charge in [-0.1, -0.05) is 12.1 Å². The molecule has 0 amide bonds. The van der Waals surface area contributed by atoms with Gasteiger partial charge in [-0.15, -0.1) is 0 Å². The molecule has 17 heavy (non-hydrogen) atoms. The second-order valence-corrected chi connectivity index (χ2v) is 5.57. The minimum absolute atomic E-state index is 0.0253. The van der Waals surface area contributed by atoms with Crippen LogP contribution in [0.4, 0.5) is 5.69 Å². The molecule has 1 aliphatic rings. The number of para-hydroxylation sites is 2. The minimum atomic E-state index is 0.0253. The molecule has 1 heterocycles. The van der Waals surface area contributed by atoms with E-state index in [4.69, 9.17) is 10.5 Å². The van der Waals surface area contributed by atoms with Crippen molar-refractivity contribution in [3.8, 4) is 5.75 Å². The highest BCUT2D eigenvalue weighted by atomic mass is 32.2. The van der Waals surface area contributed by atoms with E-state index in [1.165, 1.54) is 12.2 Å². The van der Waals surface area contributed by atoms with E-state index in [1.807, 2.05) is 30.0 Å². The molecular formula is C13H20N2OS. The Balaban J connectivity index is 2.17. The van der Waals surface area contributed by atoms with Gasteiger partial charge in [0.2, 0.25) is 0 Å². The summed E-state index contributed by atoms with van der Waals surface area (Å²) in [7, 11) is 1.70. The zero-order valence-corrected chi connectivity index (χ0v) is 11.1. The number of nitrogens with two attached hydrogens (primary N) is 1. The van der Waals surface area contributed by atoms with Crippen LogP contribution >= 0.6 is 11.8 Å². The number of anilines is 1. The van der Waals surface area contributed by atoms with Crippen LogP contribution in [-0.4, -0.2) is 30.7 Å². The lowest BCUT2D eigenvalue weighted by Crippen LogP contribution is -2.49. The first kappa shape index (κ1) is 12.6. The first-order valence-corrected chi connectivity index (χ1v) is 7.14. The van der Waals surface area contributed by atoms with Crippen LogP contribution in [0, 0.1) is 0 Å². The molecular weight excluding hydrogens is 232 g/mol. The molecule has 0 aliphatic carbocycles. The maximum absolute atomic E-state index is 5.96. The van der Waals surface area contributed by atoms with Crippen molar-refractivity contribution >= 4 is 17.4 Å². The summed E-state index contributed by atoms with van der Waals surface area (Å²) in [5.41, 5.74) is 7.03. The summed E-state index contributed by atoms with van der Waals surface area (Å²) in [5, 5.41) is 3.59. The molecule has 1 aromatic rings. The van der Waals surface area contributed by atoms with Crippen molar-refractivity contribution in [3.05, 3.63) is 24.3 Å². The Morgan fingerprint density at radius 1 is 1.47 bits per heavy atom. The standard InChI is InChI=1S/C13H20N2OS/c1-16-12-6-3-2-5-11(12)15-13(9-14)7-4-8-17-10-13/h2-3,5-6,15H,4,7-10,14H2,1H3. The first-order chi connectivity index (χ1) is 8.29. The topological polar surface area (TPSA) is 47.3 Å². The molecule has 0 saturated carbocycles. The van der Waals surface area contributed by atoms with E-state index < -0.39 is 0 Å². The summed E-state index contributed by atoms with van der Waals surface area (Å²) in [4.78, 5) is 0. The second kappa shape index (κ2) is 5.65. The number of benzene rings is 1. The molecule has 0 bridgehead atoms. The lowest BCUT2D eigenvalue weighted by molar-refractivity contribution is 0.411. The van der Waals surface area contributed by atoms with E-state index in [0.717, 1.165) is 23.6 Å². The van der Waals surface area contributed by atoms with Gasteiger partial charge in [0.05, 0.1) is 18.3 Å². The van der Waals surface area contributed by atoms with Gasteiger partial charge in [-0.05, 0) is 30.7 Å². The van der Waals surface area contributed by atoms with E-state index in [9.17, 15) is 0 Å². The fourth-order valence-corrected chi connectivity index (χ4v) is 3.41. The fourth-order valence-electron chi connectivity index (χ4n) is 2.20. The maximum atomic E-state index is 5.96. The minimum Gasteiger partial charge on any atom is -0.495 e. The fraction of sp³-hybridized carbons (Fsp3) is 0.538. The van der Waals surface area contributed by atoms with Crippen molar-refractivity contribution in [2.75, 3.05) is 30.5 Å². The molecule has 1 atom stereocenters. The van der Waals surface area contributed by atoms with Crippen LogP contribution in [0.3, 0.4) is 0 Å². The molecule has 3 nitrogen and oxygen atoms in total. The number of methoxy groups -OCH3 is 1. The predicted octanol–water partition coefficient (Wildman–Crippen LogP) is 2.33. The Labute approximate surface area is 107 Å². The van der Waals surface area contributed by atoms with Gasteiger partial charge < -0.3 is 15.8 Å². The second-order valence-electron chi connectivity index (χ2n) is 4.47. The molecule has 0 radical (unpaired) electrons. The van der Waals surface area contributed by atoms with Gasteiger partial charge in [0, 0.05) is 12.3 Å². The summed E-state index contributed by atoms with van der Waals surface area (Å²) >= 11 is 1.98. The molecule has 3 N–H and O–H groups in total. The number of hydrogen-bond donors (Lipinski definition) is 2. The van der Waals surface area contributed by atoms with Crippen molar-refractivity contribution in [2.24, 2.45) is 5.73 Å². The summed E-state index contributed by atoms with van der Waals surface area (Å²) in [6, 6.07) is 8.03. The van der Waals surface area contributed by atoms with Gasteiger partial charge in [0.1, 0.15) is 5.75 Å². The summed E-state index contributed by atoms with van der Waals surface area (Å²) in [6.07, 6.45) is 2.36. The zero-order valence-electron chi connectivity index (χ0n) is 10.2. The van der Waals surface area contributed by atoms with Gasteiger partial charge >= 0.3 is 0 Å². The monoisotopic (exact) mass is 252 g/mol. The highest BCUT2D eigenvalue weighted by Gasteiger charge is 2.31. The molecule has 1 unspecified atom stereocenters. The average molecular weight is 252 g/mol. The van der Waals surface area contributed by atoms with Crippen molar-refractivity contribution in [3.63, 3.8) is 0 Å².